The highest BCUT2D eigenvalue weighted by Gasteiger charge is 2.33. The first kappa shape index (κ1) is 29.3. The summed E-state index contributed by atoms with van der Waals surface area (Å²) >= 11 is 0. The third kappa shape index (κ3) is 7.18. The Labute approximate surface area is 226 Å². The second-order valence-electron chi connectivity index (χ2n) is 9.48. The lowest BCUT2D eigenvalue weighted by molar-refractivity contribution is -0.140. The summed E-state index contributed by atoms with van der Waals surface area (Å²) in [6.45, 7) is 9.72. The molecule has 1 heterocycles. The van der Waals surface area contributed by atoms with Gasteiger partial charge in [-0.15, -0.1) is 0 Å². The number of nitrogens with one attached hydrogen (secondary N) is 1. The maximum absolute atomic E-state index is 13.9. The fourth-order valence-electron chi connectivity index (χ4n) is 4.16. The number of carbonyl (C=O) groups is 2. The molecule has 0 aromatic heterocycles. The lowest BCUT2D eigenvalue weighted by Gasteiger charge is -2.34. The summed E-state index contributed by atoms with van der Waals surface area (Å²) in [6.07, 6.45) is 1.13. The second kappa shape index (κ2) is 13.0. The Kier molecular flexibility index (Phi) is 10.0. The first-order valence-corrected chi connectivity index (χ1v) is 14.8. The van der Waals surface area contributed by atoms with Crippen molar-refractivity contribution in [2.45, 2.75) is 66.1 Å². The lowest BCUT2D eigenvalue weighted by Crippen LogP contribution is -2.53. The summed E-state index contributed by atoms with van der Waals surface area (Å²) in [4.78, 5) is 28.6. The Morgan fingerprint density at radius 3 is 2.24 bits per heavy atom. The van der Waals surface area contributed by atoms with Crippen molar-refractivity contribution in [3.05, 3.63) is 53.6 Å². The van der Waals surface area contributed by atoms with Gasteiger partial charge in [0.05, 0.1) is 11.4 Å². The summed E-state index contributed by atoms with van der Waals surface area (Å²) in [5.41, 5.74) is 2.23. The van der Waals surface area contributed by atoms with Crippen molar-refractivity contribution in [2.75, 3.05) is 29.8 Å². The van der Waals surface area contributed by atoms with Gasteiger partial charge in [0.1, 0.15) is 25.8 Å². The van der Waals surface area contributed by atoms with Crippen LogP contribution in [-0.2, 0) is 26.2 Å². The number of hydrogen-bond donors (Lipinski definition) is 1. The Balaban J connectivity index is 1.97. The van der Waals surface area contributed by atoms with Gasteiger partial charge in [-0.05, 0) is 51.3 Å². The van der Waals surface area contributed by atoms with E-state index < -0.39 is 28.5 Å². The molecular weight excluding hydrogens is 506 g/mol. The van der Waals surface area contributed by atoms with Crippen molar-refractivity contribution >= 4 is 27.5 Å². The molecule has 2 atom stereocenters. The summed E-state index contributed by atoms with van der Waals surface area (Å²) in [5.74, 6) is 0.0239. The highest BCUT2D eigenvalue weighted by atomic mass is 32.2. The molecule has 3 rings (SSSR count). The van der Waals surface area contributed by atoms with Crippen molar-refractivity contribution in [2.24, 2.45) is 0 Å². The van der Waals surface area contributed by atoms with Gasteiger partial charge >= 0.3 is 0 Å². The van der Waals surface area contributed by atoms with Crippen molar-refractivity contribution < 1.29 is 27.5 Å². The van der Waals surface area contributed by atoms with E-state index in [4.69, 9.17) is 9.47 Å². The minimum Gasteiger partial charge on any atom is -0.486 e. The number of nitrogens with zero attached hydrogens (tertiary/aromatic N) is 2. The molecule has 38 heavy (non-hydrogen) atoms. The zero-order valence-corrected chi connectivity index (χ0v) is 23.7. The first-order chi connectivity index (χ1) is 18.1. The number of anilines is 1. The number of aryl methyl sites for hydroxylation is 1. The maximum Gasteiger partial charge on any atom is 0.244 e. The molecule has 0 fully saturated rings. The number of hydrogen-bond acceptors (Lipinski definition) is 6. The number of rotatable bonds is 12. The molecule has 0 saturated heterocycles. The molecule has 208 valence electrons. The SMILES string of the molecule is CCC(C)NC(=O)C(CC)N(Cc1ccc(C)cc1)C(=O)CN(c1ccc2c(c1)OCCO2)S(=O)(=O)CC. The third-order valence-corrected chi connectivity index (χ3v) is 8.39. The minimum atomic E-state index is -3.83. The Bertz CT molecular complexity index is 1220. The molecule has 1 aliphatic rings. The van der Waals surface area contributed by atoms with Crippen LogP contribution >= 0.6 is 0 Å². The Hall–Kier alpha value is -3.27. The number of benzene rings is 2. The lowest BCUT2D eigenvalue weighted by atomic mass is 10.1. The van der Waals surface area contributed by atoms with Gasteiger partial charge in [0.25, 0.3) is 0 Å². The highest BCUT2D eigenvalue weighted by molar-refractivity contribution is 7.92. The van der Waals surface area contributed by atoms with E-state index in [0.29, 0.717) is 36.8 Å². The van der Waals surface area contributed by atoms with Gasteiger partial charge < -0.3 is 19.7 Å². The quantitative estimate of drug-likeness (QED) is 0.437. The van der Waals surface area contributed by atoms with E-state index in [-0.39, 0.29) is 24.2 Å². The molecule has 2 unspecified atom stereocenters. The van der Waals surface area contributed by atoms with Crippen LogP contribution in [-0.4, -0.2) is 62.7 Å². The number of amides is 2. The molecule has 2 aromatic rings. The molecule has 2 amide bonds. The minimum absolute atomic E-state index is 0.0532. The summed E-state index contributed by atoms with van der Waals surface area (Å²) in [7, 11) is -3.83. The standard InChI is InChI=1S/C28H39N3O6S/c1-6-21(5)29-28(33)24(7-2)30(18-22-11-9-20(4)10-12-22)27(32)19-31(38(34,35)8-3)23-13-14-25-26(17-23)37-16-15-36-25/h9-14,17,21,24H,6-8,15-16,18-19H2,1-5H3,(H,29,33). The first-order valence-electron chi connectivity index (χ1n) is 13.1. The summed E-state index contributed by atoms with van der Waals surface area (Å²) in [6, 6.07) is 11.7. The van der Waals surface area contributed by atoms with E-state index in [2.05, 4.69) is 5.32 Å². The third-order valence-electron chi connectivity index (χ3n) is 6.65. The van der Waals surface area contributed by atoms with Crippen LogP contribution in [0.4, 0.5) is 5.69 Å². The van der Waals surface area contributed by atoms with Crippen LogP contribution in [0.25, 0.3) is 0 Å². The number of fused-ring (bicyclic) bond motifs is 1. The number of sulfonamides is 1. The van der Waals surface area contributed by atoms with E-state index in [1.165, 1.54) is 11.8 Å². The predicted molar refractivity (Wildman–Crippen MR) is 148 cm³/mol. The average molecular weight is 546 g/mol. The van der Waals surface area contributed by atoms with E-state index in [0.717, 1.165) is 21.9 Å². The van der Waals surface area contributed by atoms with Crippen LogP contribution in [0.3, 0.4) is 0 Å². The van der Waals surface area contributed by atoms with Gasteiger partial charge in [0.15, 0.2) is 11.5 Å². The van der Waals surface area contributed by atoms with Gasteiger partial charge in [-0.2, -0.15) is 0 Å². The van der Waals surface area contributed by atoms with Crippen molar-refractivity contribution in [3.8, 4) is 11.5 Å². The molecule has 0 saturated carbocycles. The van der Waals surface area contributed by atoms with Crippen LogP contribution in [0, 0.1) is 6.92 Å². The average Bonchev–Trinajstić information content (AvgIpc) is 2.92. The zero-order valence-electron chi connectivity index (χ0n) is 22.9. The van der Waals surface area contributed by atoms with Gasteiger partial charge in [-0.25, -0.2) is 8.42 Å². The monoisotopic (exact) mass is 545 g/mol. The number of carbonyl (C=O) groups excluding carboxylic acids is 2. The zero-order chi connectivity index (χ0) is 27.9. The largest absolute Gasteiger partial charge is 0.486 e. The van der Waals surface area contributed by atoms with Crippen molar-refractivity contribution in [3.63, 3.8) is 0 Å². The van der Waals surface area contributed by atoms with Crippen LogP contribution < -0.4 is 19.1 Å². The molecule has 0 bridgehead atoms. The maximum atomic E-state index is 13.9. The second-order valence-corrected chi connectivity index (χ2v) is 11.7. The summed E-state index contributed by atoms with van der Waals surface area (Å²) in [5, 5.41) is 2.98. The smallest absolute Gasteiger partial charge is 0.244 e. The van der Waals surface area contributed by atoms with Crippen LogP contribution in [0.2, 0.25) is 0 Å². The molecule has 1 N–H and O–H groups in total. The van der Waals surface area contributed by atoms with E-state index in [9.17, 15) is 18.0 Å². The molecule has 2 aromatic carbocycles. The molecular formula is C28H39N3O6S. The fourth-order valence-corrected chi connectivity index (χ4v) is 5.21. The summed E-state index contributed by atoms with van der Waals surface area (Å²) < 4.78 is 38.7. The molecule has 0 radical (unpaired) electrons. The fraction of sp³-hybridized carbons (Fsp3) is 0.500. The Morgan fingerprint density at radius 2 is 1.63 bits per heavy atom. The van der Waals surface area contributed by atoms with E-state index in [1.807, 2.05) is 52.0 Å². The molecule has 9 nitrogen and oxygen atoms in total. The molecule has 10 heteroatoms. The normalized spacial score (nSPS) is 14.3. The van der Waals surface area contributed by atoms with Crippen LogP contribution in [0.15, 0.2) is 42.5 Å². The topological polar surface area (TPSA) is 105 Å². The Morgan fingerprint density at radius 1 is 0.974 bits per heavy atom. The van der Waals surface area contributed by atoms with Gasteiger partial charge in [-0.3, -0.25) is 13.9 Å². The van der Waals surface area contributed by atoms with Crippen molar-refractivity contribution in [1.29, 1.82) is 0 Å². The molecule has 1 aliphatic heterocycles. The van der Waals surface area contributed by atoms with Crippen LogP contribution in [0.1, 0.15) is 51.7 Å². The van der Waals surface area contributed by atoms with Gasteiger partial charge in [0, 0.05) is 18.7 Å². The number of ether oxygens (including phenoxy) is 2. The highest BCUT2D eigenvalue weighted by Crippen LogP contribution is 2.35. The van der Waals surface area contributed by atoms with E-state index >= 15 is 0 Å². The van der Waals surface area contributed by atoms with Crippen molar-refractivity contribution in [1.82, 2.24) is 10.2 Å². The van der Waals surface area contributed by atoms with Crippen LogP contribution in [0.5, 0.6) is 11.5 Å². The van der Waals surface area contributed by atoms with Gasteiger partial charge in [0.2, 0.25) is 21.8 Å². The predicted octanol–water partition coefficient (Wildman–Crippen LogP) is 3.64. The molecule has 0 aliphatic carbocycles. The van der Waals surface area contributed by atoms with E-state index in [1.54, 1.807) is 18.2 Å². The van der Waals surface area contributed by atoms with Gasteiger partial charge in [-0.1, -0.05) is 43.7 Å². The molecule has 0 spiro atoms.